The third kappa shape index (κ3) is 3.02. The number of ketones is 1. The molecule has 3 nitrogen and oxygen atoms in total. The Balaban J connectivity index is 4.35. The predicted molar refractivity (Wildman–Crippen MR) is 39.3 cm³/mol. The average molecular weight is 141 g/mol. The lowest BCUT2D eigenvalue weighted by molar-refractivity contribution is -0.112. The fourth-order valence-electron chi connectivity index (χ4n) is 0.488. The van der Waals surface area contributed by atoms with E-state index in [0.29, 0.717) is 11.3 Å². The van der Waals surface area contributed by atoms with Crippen LogP contribution in [-0.4, -0.2) is 16.7 Å². The molecule has 0 rings (SSSR count). The summed E-state index contributed by atoms with van der Waals surface area (Å²) < 4.78 is 0. The molecule has 3 heteroatoms. The Labute approximate surface area is 60.0 Å². The van der Waals surface area contributed by atoms with E-state index >= 15 is 0 Å². The van der Waals surface area contributed by atoms with Crippen molar-refractivity contribution in [3.8, 4) is 0 Å². The van der Waals surface area contributed by atoms with Crippen LogP contribution in [0.1, 0.15) is 20.8 Å². The standard InChI is InChI=1S/C7H11NO2/c1-5(4-6(2)9)7(3)8-10/h4,10H,1-3H3/b5-4+,8-7+. The van der Waals surface area contributed by atoms with Crippen molar-refractivity contribution in [2.45, 2.75) is 20.8 Å². The van der Waals surface area contributed by atoms with Crippen LogP contribution in [0.25, 0.3) is 0 Å². The molecule has 0 saturated heterocycles. The minimum Gasteiger partial charge on any atom is -0.411 e. The Bertz CT molecular complexity index is 192. The van der Waals surface area contributed by atoms with Crippen LogP contribution >= 0.6 is 0 Å². The zero-order valence-electron chi connectivity index (χ0n) is 6.38. The van der Waals surface area contributed by atoms with Gasteiger partial charge in [-0.05, 0) is 32.4 Å². The third-order valence-electron chi connectivity index (χ3n) is 1.14. The topological polar surface area (TPSA) is 49.7 Å². The van der Waals surface area contributed by atoms with Crippen molar-refractivity contribution in [2.75, 3.05) is 0 Å². The van der Waals surface area contributed by atoms with Crippen LogP contribution in [0.5, 0.6) is 0 Å². The fourth-order valence-corrected chi connectivity index (χ4v) is 0.488. The van der Waals surface area contributed by atoms with E-state index in [-0.39, 0.29) is 5.78 Å². The minimum atomic E-state index is -0.0412. The summed E-state index contributed by atoms with van der Waals surface area (Å²) >= 11 is 0. The van der Waals surface area contributed by atoms with E-state index in [1.807, 2.05) is 0 Å². The van der Waals surface area contributed by atoms with E-state index in [1.165, 1.54) is 13.0 Å². The largest absolute Gasteiger partial charge is 0.411 e. The van der Waals surface area contributed by atoms with Gasteiger partial charge in [0.2, 0.25) is 0 Å². The number of carbonyl (C=O) groups is 1. The Kier molecular flexibility index (Phi) is 3.39. The van der Waals surface area contributed by atoms with Crippen LogP contribution < -0.4 is 0 Å². The highest BCUT2D eigenvalue weighted by Crippen LogP contribution is 1.95. The van der Waals surface area contributed by atoms with Gasteiger partial charge in [-0.25, -0.2) is 0 Å². The van der Waals surface area contributed by atoms with Gasteiger partial charge in [-0.2, -0.15) is 0 Å². The predicted octanol–water partition coefficient (Wildman–Crippen LogP) is 1.37. The van der Waals surface area contributed by atoms with E-state index in [1.54, 1.807) is 13.8 Å². The van der Waals surface area contributed by atoms with E-state index in [0.717, 1.165) is 0 Å². The molecule has 1 N–H and O–H groups in total. The van der Waals surface area contributed by atoms with Gasteiger partial charge in [0.05, 0.1) is 5.71 Å². The molecule has 0 aliphatic rings. The summed E-state index contributed by atoms with van der Waals surface area (Å²) in [7, 11) is 0. The lowest BCUT2D eigenvalue weighted by Gasteiger charge is -1.93. The lowest BCUT2D eigenvalue weighted by Crippen LogP contribution is -1.95. The molecule has 0 aliphatic carbocycles. The second-order valence-corrected chi connectivity index (χ2v) is 2.12. The van der Waals surface area contributed by atoms with Crippen molar-refractivity contribution in [3.05, 3.63) is 11.6 Å². The van der Waals surface area contributed by atoms with Gasteiger partial charge in [-0.3, -0.25) is 4.79 Å². The number of allylic oxidation sites excluding steroid dienone is 2. The molecule has 0 atom stereocenters. The van der Waals surface area contributed by atoms with Gasteiger partial charge >= 0.3 is 0 Å². The maximum atomic E-state index is 10.5. The van der Waals surface area contributed by atoms with Crippen molar-refractivity contribution < 1.29 is 10.0 Å². The molecule has 0 unspecified atom stereocenters. The molecule has 0 aromatic heterocycles. The number of hydrogen-bond donors (Lipinski definition) is 1. The first kappa shape index (κ1) is 8.88. The van der Waals surface area contributed by atoms with Crippen LogP contribution in [0.3, 0.4) is 0 Å². The Hall–Kier alpha value is -1.12. The maximum Gasteiger partial charge on any atom is 0.152 e. The number of hydrogen-bond acceptors (Lipinski definition) is 3. The molecule has 0 spiro atoms. The molecule has 0 saturated carbocycles. The summed E-state index contributed by atoms with van der Waals surface area (Å²) in [6.45, 7) is 4.80. The lowest BCUT2D eigenvalue weighted by atomic mass is 10.2. The Morgan fingerprint density at radius 1 is 1.40 bits per heavy atom. The molecular formula is C7H11NO2. The first-order valence-corrected chi connectivity index (χ1v) is 2.96. The van der Waals surface area contributed by atoms with Crippen LogP contribution in [0, 0.1) is 0 Å². The molecule has 0 heterocycles. The summed E-state index contributed by atoms with van der Waals surface area (Å²) in [6, 6.07) is 0. The highest BCUT2D eigenvalue weighted by molar-refractivity contribution is 6.03. The molecule has 10 heavy (non-hydrogen) atoms. The van der Waals surface area contributed by atoms with E-state index < -0.39 is 0 Å². The summed E-state index contributed by atoms with van der Waals surface area (Å²) in [5.74, 6) is -0.0412. The van der Waals surface area contributed by atoms with Gasteiger partial charge in [0.15, 0.2) is 5.78 Å². The normalized spacial score (nSPS) is 13.5. The molecule has 0 amide bonds. The molecule has 0 aromatic rings. The SMILES string of the molecule is CC(=O)/C=C(C)/C(C)=N/O. The molecule has 56 valence electrons. The molecule has 0 bridgehead atoms. The molecular weight excluding hydrogens is 130 g/mol. The van der Waals surface area contributed by atoms with Gasteiger partial charge in [-0.1, -0.05) is 5.16 Å². The van der Waals surface area contributed by atoms with E-state index in [9.17, 15) is 4.79 Å². The average Bonchev–Trinajstić information content (AvgIpc) is 1.85. The number of oxime groups is 1. The zero-order valence-corrected chi connectivity index (χ0v) is 6.38. The van der Waals surface area contributed by atoms with Gasteiger partial charge in [0.1, 0.15) is 0 Å². The van der Waals surface area contributed by atoms with Crippen LogP contribution in [0.2, 0.25) is 0 Å². The minimum absolute atomic E-state index is 0.0412. The first-order chi connectivity index (χ1) is 4.57. The first-order valence-electron chi connectivity index (χ1n) is 2.96. The van der Waals surface area contributed by atoms with Gasteiger partial charge in [-0.15, -0.1) is 0 Å². The van der Waals surface area contributed by atoms with E-state index in [4.69, 9.17) is 5.21 Å². The smallest absolute Gasteiger partial charge is 0.152 e. The molecule has 0 fully saturated rings. The summed E-state index contributed by atoms with van der Waals surface area (Å²) in [5, 5.41) is 11.2. The summed E-state index contributed by atoms with van der Waals surface area (Å²) in [6.07, 6.45) is 1.43. The Morgan fingerprint density at radius 2 is 1.90 bits per heavy atom. The highest BCUT2D eigenvalue weighted by atomic mass is 16.4. The molecule has 0 aliphatic heterocycles. The summed E-state index contributed by atoms with van der Waals surface area (Å²) in [5.41, 5.74) is 1.16. The van der Waals surface area contributed by atoms with Crippen molar-refractivity contribution >= 4 is 11.5 Å². The van der Waals surface area contributed by atoms with Crippen molar-refractivity contribution in [1.82, 2.24) is 0 Å². The van der Waals surface area contributed by atoms with Gasteiger partial charge in [0.25, 0.3) is 0 Å². The molecule has 0 radical (unpaired) electrons. The quantitative estimate of drug-likeness (QED) is 0.273. The Morgan fingerprint density at radius 3 is 2.20 bits per heavy atom. The van der Waals surface area contributed by atoms with E-state index in [2.05, 4.69) is 5.16 Å². The van der Waals surface area contributed by atoms with Gasteiger partial charge < -0.3 is 5.21 Å². The maximum absolute atomic E-state index is 10.5. The number of carbonyl (C=O) groups excluding carboxylic acids is 1. The van der Waals surface area contributed by atoms with Crippen LogP contribution in [-0.2, 0) is 4.79 Å². The van der Waals surface area contributed by atoms with Crippen molar-refractivity contribution in [2.24, 2.45) is 5.16 Å². The monoisotopic (exact) mass is 141 g/mol. The van der Waals surface area contributed by atoms with Crippen LogP contribution in [0.4, 0.5) is 0 Å². The molecule has 0 aromatic carbocycles. The number of rotatable bonds is 2. The van der Waals surface area contributed by atoms with Gasteiger partial charge in [0, 0.05) is 0 Å². The summed E-state index contributed by atoms with van der Waals surface area (Å²) in [4.78, 5) is 10.5. The second kappa shape index (κ2) is 3.82. The second-order valence-electron chi connectivity index (χ2n) is 2.12. The van der Waals surface area contributed by atoms with Crippen molar-refractivity contribution in [3.63, 3.8) is 0 Å². The number of nitrogens with zero attached hydrogens (tertiary/aromatic N) is 1. The third-order valence-corrected chi connectivity index (χ3v) is 1.14. The highest BCUT2D eigenvalue weighted by Gasteiger charge is 1.95. The zero-order chi connectivity index (χ0) is 8.15. The fraction of sp³-hybridized carbons (Fsp3) is 0.429. The van der Waals surface area contributed by atoms with Crippen molar-refractivity contribution in [1.29, 1.82) is 0 Å². The van der Waals surface area contributed by atoms with Crippen LogP contribution in [0.15, 0.2) is 16.8 Å².